The zero-order valence-electron chi connectivity index (χ0n) is 13.4. The molecule has 0 radical (unpaired) electrons. The normalized spacial score (nSPS) is 10.4. The standard InChI is InChI=1S/C19H16N2O2S/c1-12-7-8-13(2)16(11-12)17(22)14-5-3-4-6-15(14)18(23)21-19-20-9-10-24-19/h3-11H,1-2H3,(H,20,21,23). The van der Waals surface area contributed by atoms with Crippen molar-refractivity contribution in [1.29, 1.82) is 0 Å². The molecule has 2 aromatic carbocycles. The van der Waals surface area contributed by atoms with E-state index in [1.807, 2.05) is 32.0 Å². The molecule has 0 aliphatic rings. The number of nitrogens with one attached hydrogen (secondary N) is 1. The summed E-state index contributed by atoms with van der Waals surface area (Å²) in [5, 5.41) is 5.02. The lowest BCUT2D eigenvalue weighted by molar-refractivity contribution is 0.0996. The van der Waals surface area contributed by atoms with Crippen LogP contribution >= 0.6 is 11.3 Å². The molecule has 5 heteroatoms. The third kappa shape index (κ3) is 3.26. The Bertz CT molecular complexity index is 901. The molecule has 1 heterocycles. The summed E-state index contributed by atoms with van der Waals surface area (Å²) in [4.78, 5) is 29.5. The molecule has 0 fully saturated rings. The number of aryl methyl sites for hydroxylation is 2. The van der Waals surface area contributed by atoms with Crippen molar-refractivity contribution in [2.24, 2.45) is 0 Å². The highest BCUT2D eigenvalue weighted by Crippen LogP contribution is 2.20. The number of ketones is 1. The number of hydrogen-bond donors (Lipinski definition) is 1. The van der Waals surface area contributed by atoms with Crippen molar-refractivity contribution in [3.05, 3.63) is 81.9 Å². The van der Waals surface area contributed by atoms with Crippen LogP contribution in [0.5, 0.6) is 0 Å². The molecule has 3 aromatic rings. The molecule has 0 aliphatic heterocycles. The van der Waals surface area contributed by atoms with E-state index in [0.717, 1.165) is 11.1 Å². The fraction of sp³-hybridized carbons (Fsp3) is 0.105. The van der Waals surface area contributed by atoms with Gasteiger partial charge in [0.2, 0.25) is 0 Å². The summed E-state index contributed by atoms with van der Waals surface area (Å²) >= 11 is 1.33. The largest absolute Gasteiger partial charge is 0.298 e. The predicted octanol–water partition coefficient (Wildman–Crippen LogP) is 4.24. The van der Waals surface area contributed by atoms with E-state index in [2.05, 4.69) is 10.3 Å². The summed E-state index contributed by atoms with van der Waals surface area (Å²) in [7, 11) is 0. The van der Waals surface area contributed by atoms with Gasteiger partial charge in [-0.15, -0.1) is 11.3 Å². The van der Waals surface area contributed by atoms with Crippen LogP contribution in [0.3, 0.4) is 0 Å². The molecular formula is C19H16N2O2S. The topological polar surface area (TPSA) is 59.1 Å². The molecule has 1 amide bonds. The average molecular weight is 336 g/mol. The van der Waals surface area contributed by atoms with Gasteiger partial charge in [0.1, 0.15) is 0 Å². The monoisotopic (exact) mass is 336 g/mol. The van der Waals surface area contributed by atoms with Crippen molar-refractivity contribution in [2.45, 2.75) is 13.8 Å². The SMILES string of the molecule is Cc1ccc(C)c(C(=O)c2ccccc2C(=O)Nc2nccs2)c1. The number of hydrogen-bond acceptors (Lipinski definition) is 4. The first-order valence-corrected chi connectivity index (χ1v) is 8.36. The van der Waals surface area contributed by atoms with Gasteiger partial charge < -0.3 is 0 Å². The van der Waals surface area contributed by atoms with Gasteiger partial charge in [-0.3, -0.25) is 14.9 Å². The van der Waals surface area contributed by atoms with Crippen LogP contribution in [0.15, 0.2) is 54.0 Å². The number of carbonyl (C=O) groups is 2. The fourth-order valence-electron chi connectivity index (χ4n) is 2.45. The Hall–Kier alpha value is -2.79. The van der Waals surface area contributed by atoms with Crippen molar-refractivity contribution >= 4 is 28.2 Å². The molecule has 24 heavy (non-hydrogen) atoms. The lowest BCUT2D eigenvalue weighted by atomic mass is 9.94. The Morgan fingerprint density at radius 2 is 1.75 bits per heavy atom. The lowest BCUT2D eigenvalue weighted by Crippen LogP contribution is -2.17. The quantitative estimate of drug-likeness (QED) is 0.725. The van der Waals surface area contributed by atoms with Gasteiger partial charge >= 0.3 is 0 Å². The Kier molecular flexibility index (Phi) is 4.53. The van der Waals surface area contributed by atoms with Crippen LogP contribution in [0.4, 0.5) is 5.13 Å². The van der Waals surface area contributed by atoms with Crippen LogP contribution in [0.25, 0.3) is 0 Å². The highest BCUT2D eigenvalue weighted by atomic mass is 32.1. The van der Waals surface area contributed by atoms with Gasteiger partial charge in [-0.2, -0.15) is 0 Å². The molecule has 0 unspecified atom stereocenters. The first-order chi connectivity index (χ1) is 11.6. The highest BCUT2D eigenvalue weighted by molar-refractivity contribution is 7.13. The molecule has 3 rings (SSSR count). The molecule has 0 atom stereocenters. The molecule has 1 N–H and O–H groups in total. The van der Waals surface area contributed by atoms with Crippen molar-refractivity contribution in [2.75, 3.05) is 5.32 Å². The summed E-state index contributed by atoms with van der Waals surface area (Å²) in [6.07, 6.45) is 1.62. The summed E-state index contributed by atoms with van der Waals surface area (Å²) in [6, 6.07) is 12.6. The number of nitrogens with zero attached hydrogens (tertiary/aromatic N) is 1. The van der Waals surface area contributed by atoms with Crippen LogP contribution in [0.2, 0.25) is 0 Å². The molecule has 0 saturated carbocycles. The molecule has 0 bridgehead atoms. The number of amides is 1. The molecule has 1 aromatic heterocycles. The summed E-state index contributed by atoms with van der Waals surface area (Å²) in [5.41, 5.74) is 3.25. The number of aromatic nitrogens is 1. The van der Waals surface area contributed by atoms with Gasteiger partial charge in [-0.05, 0) is 31.5 Å². The lowest BCUT2D eigenvalue weighted by Gasteiger charge is -2.10. The van der Waals surface area contributed by atoms with E-state index < -0.39 is 0 Å². The molecule has 0 saturated heterocycles. The van der Waals surface area contributed by atoms with E-state index in [9.17, 15) is 9.59 Å². The maximum absolute atomic E-state index is 13.0. The van der Waals surface area contributed by atoms with Crippen molar-refractivity contribution in [3.63, 3.8) is 0 Å². The number of anilines is 1. The number of rotatable bonds is 4. The summed E-state index contributed by atoms with van der Waals surface area (Å²) < 4.78 is 0. The Morgan fingerprint density at radius 3 is 2.46 bits per heavy atom. The van der Waals surface area contributed by atoms with Crippen molar-refractivity contribution in [3.8, 4) is 0 Å². The molecule has 120 valence electrons. The first-order valence-electron chi connectivity index (χ1n) is 7.48. The first kappa shape index (κ1) is 16.1. The van der Waals surface area contributed by atoms with E-state index in [1.165, 1.54) is 11.3 Å². The Labute approximate surface area is 144 Å². The Morgan fingerprint density at radius 1 is 1.00 bits per heavy atom. The second kappa shape index (κ2) is 6.76. The van der Waals surface area contributed by atoms with Gasteiger partial charge in [0.05, 0.1) is 5.56 Å². The fourth-order valence-corrected chi connectivity index (χ4v) is 2.98. The van der Waals surface area contributed by atoms with Crippen LogP contribution in [0, 0.1) is 13.8 Å². The minimum absolute atomic E-state index is 0.152. The van der Waals surface area contributed by atoms with Crippen LogP contribution in [0.1, 0.15) is 37.4 Å². The third-order valence-electron chi connectivity index (χ3n) is 3.71. The number of benzene rings is 2. The summed E-state index contributed by atoms with van der Waals surface area (Å²) in [6.45, 7) is 3.84. The molecule has 4 nitrogen and oxygen atoms in total. The van der Waals surface area contributed by atoms with Gasteiger partial charge in [0.15, 0.2) is 10.9 Å². The number of thiazole rings is 1. The average Bonchev–Trinajstić information content (AvgIpc) is 3.09. The molecule has 0 spiro atoms. The highest BCUT2D eigenvalue weighted by Gasteiger charge is 2.20. The maximum atomic E-state index is 13.0. The van der Waals surface area contributed by atoms with Gasteiger partial charge in [0.25, 0.3) is 5.91 Å². The van der Waals surface area contributed by atoms with Crippen molar-refractivity contribution < 1.29 is 9.59 Å². The van der Waals surface area contributed by atoms with Gasteiger partial charge in [-0.25, -0.2) is 4.98 Å². The van der Waals surface area contributed by atoms with Gasteiger partial charge in [-0.1, -0.05) is 35.9 Å². The smallest absolute Gasteiger partial charge is 0.258 e. The van der Waals surface area contributed by atoms with E-state index >= 15 is 0 Å². The second-order valence-corrected chi connectivity index (χ2v) is 6.38. The molecular weight excluding hydrogens is 320 g/mol. The van der Waals surface area contributed by atoms with Gasteiger partial charge in [0, 0.05) is 22.7 Å². The second-order valence-electron chi connectivity index (χ2n) is 5.48. The zero-order valence-corrected chi connectivity index (χ0v) is 14.2. The predicted molar refractivity (Wildman–Crippen MR) is 95.9 cm³/mol. The van der Waals surface area contributed by atoms with E-state index in [1.54, 1.807) is 35.8 Å². The van der Waals surface area contributed by atoms with Crippen LogP contribution < -0.4 is 5.32 Å². The van der Waals surface area contributed by atoms with E-state index in [0.29, 0.717) is 21.8 Å². The minimum Gasteiger partial charge on any atom is -0.298 e. The zero-order chi connectivity index (χ0) is 17.1. The van der Waals surface area contributed by atoms with Crippen LogP contribution in [-0.4, -0.2) is 16.7 Å². The van der Waals surface area contributed by atoms with Crippen molar-refractivity contribution in [1.82, 2.24) is 4.98 Å². The minimum atomic E-state index is -0.334. The van der Waals surface area contributed by atoms with E-state index in [-0.39, 0.29) is 11.7 Å². The third-order valence-corrected chi connectivity index (χ3v) is 4.40. The maximum Gasteiger partial charge on any atom is 0.258 e. The molecule has 0 aliphatic carbocycles. The number of carbonyl (C=O) groups excluding carboxylic acids is 2. The van der Waals surface area contributed by atoms with E-state index in [4.69, 9.17) is 0 Å². The Balaban J connectivity index is 1.98. The summed E-state index contributed by atoms with van der Waals surface area (Å²) in [5.74, 6) is -0.486. The van der Waals surface area contributed by atoms with Crippen LogP contribution in [-0.2, 0) is 0 Å².